The Bertz CT molecular complexity index is 435. The molecule has 3 rings (SSSR count). The summed E-state index contributed by atoms with van der Waals surface area (Å²) in [6, 6.07) is 7.97. The standard InChI is InChI=1S/C13H16N2O2/c1-10-2-4-11(5-3-10)15-9-13(17-12(15)16)6-7-14-8-13/h2-5,14H,6-9H2,1H3/t13-/m1/s1. The van der Waals surface area contributed by atoms with Crippen LogP contribution in [0.15, 0.2) is 24.3 Å². The van der Waals surface area contributed by atoms with E-state index in [-0.39, 0.29) is 11.7 Å². The van der Waals surface area contributed by atoms with Crippen LogP contribution in [-0.4, -0.2) is 31.3 Å². The van der Waals surface area contributed by atoms with Crippen molar-refractivity contribution in [2.45, 2.75) is 18.9 Å². The summed E-state index contributed by atoms with van der Waals surface area (Å²) in [4.78, 5) is 13.6. The zero-order valence-corrected chi connectivity index (χ0v) is 9.90. The van der Waals surface area contributed by atoms with Gasteiger partial charge in [-0.25, -0.2) is 4.79 Å². The summed E-state index contributed by atoms with van der Waals surface area (Å²) in [6.07, 6.45) is 0.679. The molecule has 0 radical (unpaired) electrons. The molecule has 1 spiro atoms. The molecule has 17 heavy (non-hydrogen) atoms. The van der Waals surface area contributed by atoms with Crippen molar-refractivity contribution < 1.29 is 9.53 Å². The Morgan fingerprint density at radius 2 is 2.12 bits per heavy atom. The lowest BCUT2D eigenvalue weighted by molar-refractivity contribution is 0.0733. The predicted molar refractivity (Wildman–Crippen MR) is 65.2 cm³/mol. The monoisotopic (exact) mass is 232 g/mol. The molecule has 1 aromatic carbocycles. The van der Waals surface area contributed by atoms with E-state index in [1.165, 1.54) is 5.56 Å². The zero-order valence-electron chi connectivity index (χ0n) is 9.90. The highest BCUT2D eigenvalue weighted by Gasteiger charge is 2.47. The van der Waals surface area contributed by atoms with Crippen molar-refractivity contribution in [3.05, 3.63) is 29.8 Å². The molecule has 1 amide bonds. The molecule has 2 aliphatic heterocycles. The Hall–Kier alpha value is -1.55. The van der Waals surface area contributed by atoms with Crippen LogP contribution in [0.1, 0.15) is 12.0 Å². The number of aryl methyl sites for hydroxylation is 1. The lowest BCUT2D eigenvalue weighted by Crippen LogP contribution is -2.36. The Kier molecular flexibility index (Phi) is 2.33. The summed E-state index contributed by atoms with van der Waals surface area (Å²) in [7, 11) is 0. The lowest BCUT2D eigenvalue weighted by atomic mass is 10.0. The molecule has 4 heteroatoms. The molecule has 0 unspecified atom stereocenters. The number of nitrogens with zero attached hydrogens (tertiary/aromatic N) is 1. The fourth-order valence-electron chi connectivity index (χ4n) is 2.49. The first-order chi connectivity index (χ1) is 8.19. The number of anilines is 1. The number of hydrogen-bond donors (Lipinski definition) is 1. The van der Waals surface area contributed by atoms with Gasteiger partial charge in [0.05, 0.1) is 6.54 Å². The van der Waals surface area contributed by atoms with E-state index in [2.05, 4.69) is 5.32 Å². The summed E-state index contributed by atoms with van der Waals surface area (Å²) in [5, 5.41) is 3.25. The fourth-order valence-corrected chi connectivity index (χ4v) is 2.49. The molecule has 2 fully saturated rings. The maximum absolute atomic E-state index is 11.9. The molecule has 90 valence electrons. The van der Waals surface area contributed by atoms with Gasteiger partial charge in [-0.2, -0.15) is 0 Å². The summed E-state index contributed by atoms with van der Waals surface area (Å²) >= 11 is 0. The quantitative estimate of drug-likeness (QED) is 0.801. The van der Waals surface area contributed by atoms with E-state index in [0.29, 0.717) is 6.54 Å². The SMILES string of the molecule is Cc1ccc(N2C[C@]3(CCNC3)OC2=O)cc1. The van der Waals surface area contributed by atoms with E-state index in [9.17, 15) is 4.79 Å². The van der Waals surface area contributed by atoms with Crippen LogP contribution in [0.5, 0.6) is 0 Å². The van der Waals surface area contributed by atoms with Crippen molar-refractivity contribution >= 4 is 11.8 Å². The molecule has 2 heterocycles. The van der Waals surface area contributed by atoms with Gasteiger partial charge >= 0.3 is 6.09 Å². The van der Waals surface area contributed by atoms with Crippen LogP contribution in [0.25, 0.3) is 0 Å². The number of rotatable bonds is 1. The number of hydrogen-bond acceptors (Lipinski definition) is 3. The molecule has 1 atom stereocenters. The maximum atomic E-state index is 11.9. The predicted octanol–water partition coefficient (Wildman–Crippen LogP) is 1.68. The van der Waals surface area contributed by atoms with Gasteiger partial charge in [0.25, 0.3) is 0 Å². The second-order valence-electron chi connectivity index (χ2n) is 4.90. The first kappa shape index (κ1) is 10.6. The Morgan fingerprint density at radius 1 is 1.35 bits per heavy atom. The first-order valence-corrected chi connectivity index (χ1v) is 5.96. The second kappa shape index (κ2) is 3.74. The van der Waals surface area contributed by atoms with Gasteiger partial charge in [0, 0.05) is 18.7 Å². The molecule has 1 N–H and O–H groups in total. The molecule has 4 nitrogen and oxygen atoms in total. The molecule has 0 bridgehead atoms. The van der Waals surface area contributed by atoms with Gasteiger partial charge in [0.15, 0.2) is 0 Å². The third-order valence-electron chi connectivity index (χ3n) is 3.52. The largest absolute Gasteiger partial charge is 0.439 e. The van der Waals surface area contributed by atoms with Crippen LogP contribution < -0.4 is 10.2 Å². The third-order valence-corrected chi connectivity index (χ3v) is 3.52. The number of ether oxygens (including phenoxy) is 1. The number of carbonyl (C=O) groups is 1. The highest BCUT2D eigenvalue weighted by molar-refractivity contribution is 5.90. The number of nitrogens with one attached hydrogen (secondary N) is 1. The molecule has 2 saturated heterocycles. The van der Waals surface area contributed by atoms with Gasteiger partial charge < -0.3 is 10.1 Å². The summed E-state index contributed by atoms with van der Waals surface area (Å²) < 4.78 is 5.53. The van der Waals surface area contributed by atoms with E-state index in [1.807, 2.05) is 31.2 Å². The Labute approximate surface area is 101 Å². The van der Waals surface area contributed by atoms with E-state index in [4.69, 9.17) is 4.74 Å². The molecular formula is C13H16N2O2. The molecule has 0 aliphatic carbocycles. The van der Waals surface area contributed by atoms with Crippen LogP contribution >= 0.6 is 0 Å². The van der Waals surface area contributed by atoms with Gasteiger partial charge in [-0.3, -0.25) is 4.90 Å². The lowest BCUT2D eigenvalue weighted by Gasteiger charge is -2.19. The van der Waals surface area contributed by atoms with Crippen molar-refractivity contribution in [1.29, 1.82) is 0 Å². The van der Waals surface area contributed by atoms with E-state index in [1.54, 1.807) is 4.90 Å². The van der Waals surface area contributed by atoms with Crippen LogP contribution in [-0.2, 0) is 4.74 Å². The average molecular weight is 232 g/mol. The molecule has 0 saturated carbocycles. The van der Waals surface area contributed by atoms with Crippen LogP contribution in [0.4, 0.5) is 10.5 Å². The summed E-state index contributed by atoms with van der Waals surface area (Å²) in [5.74, 6) is 0. The van der Waals surface area contributed by atoms with Crippen molar-refractivity contribution in [3.63, 3.8) is 0 Å². The smallest absolute Gasteiger partial charge is 0.415 e. The van der Waals surface area contributed by atoms with E-state index >= 15 is 0 Å². The van der Waals surface area contributed by atoms with Gasteiger partial charge in [0.1, 0.15) is 5.60 Å². The van der Waals surface area contributed by atoms with Crippen molar-refractivity contribution in [1.82, 2.24) is 5.32 Å². The third kappa shape index (κ3) is 1.78. The minimum atomic E-state index is -0.304. The second-order valence-corrected chi connectivity index (χ2v) is 4.90. The summed E-state index contributed by atoms with van der Waals surface area (Å²) in [5.41, 5.74) is 1.81. The van der Waals surface area contributed by atoms with E-state index in [0.717, 1.165) is 25.2 Å². The van der Waals surface area contributed by atoms with Crippen LogP contribution in [0.2, 0.25) is 0 Å². The number of carbonyl (C=O) groups excluding carboxylic acids is 1. The highest BCUT2D eigenvalue weighted by Crippen LogP contribution is 2.32. The van der Waals surface area contributed by atoms with Crippen molar-refractivity contribution in [2.24, 2.45) is 0 Å². The Balaban J connectivity index is 1.85. The van der Waals surface area contributed by atoms with Gasteiger partial charge in [-0.1, -0.05) is 17.7 Å². The molecule has 0 aromatic heterocycles. The van der Waals surface area contributed by atoms with Crippen LogP contribution in [0, 0.1) is 6.92 Å². The van der Waals surface area contributed by atoms with Crippen molar-refractivity contribution in [2.75, 3.05) is 24.5 Å². The Morgan fingerprint density at radius 3 is 2.76 bits per heavy atom. The minimum absolute atomic E-state index is 0.224. The number of benzene rings is 1. The van der Waals surface area contributed by atoms with Crippen LogP contribution in [0.3, 0.4) is 0 Å². The van der Waals surface area contributed by atoms with E-state index < -0.39 is 0 Å². The van der Waals surface area contributed by atoms with Gasteiger partial charge in [-0.05, 0) is 25.6 Å². The topological polar surface area (TPSA) is 41.6 Å². The zero-order chi connectivity index (χ0) is 11.9. The van der Waals surface area contributed by atoms with Crippen molar-refractivity contribution in [3.8, 4) is 0 Å². The fraction of sp³-hybridized carbons (Fsp3) is 0.462. The normalized spacial score (nSPS) is 27.8. The maximum Gasteiger partial charge on any atom is 0.415 e. The average Bonchev–Trinajstić information content (AvgIpc) is 2.88. The highest BCUT2D eigenvalue weighted by atomic mass is 16.6. The molecule has 1 aromatic rings. The molecular weight excluding hydrogens is 216 g/mol. The molecule has 2 aliphatic rings. The van der Waals surface area contributed by atoms with Gasteiger partial charge in [0.2, 0.25) is 0 Å². The minimum Gasteiger partial charge on any atom is -0.439 e. The summed E-state index contributed by atoms with van der Waals surface area (Å²) in [6.45, 7) is 4.38. The first-order valence-electron chi connectivity index (χ1n) is 5.96. The van der Waals surface area contributed by atoms with Gasteiger partial charge in [-0.15, -0.1) is 0 Å². The number of amides is 1.